The smallest absolute Gasteiger partial charge is 0.203 e. The van der Waals surface area contributed by atoms with Crippen LogP contribution in [0.25, 0.3) is 11.3 Å². The van der Waals surface area contributed by atoms with Crippen molar-refractivity contribution >= 4 is 5.82 Å². The highest BCUT2D eigenvalue weighted by Crippen LogP contribution is 2.45. The number of aryl methyl sites for hydroxylation is 1. The second-order valence-electron chi connectivity index (χ2n) is 4.33. The Morgan fingerprint density at radius 1 is 1.05 bits per heavy atom. The lowest BCUT2D eigenvalue weighted by atomic mass is 10.1. The molecule has 6 nitrogen and oxygen atoms in total. The van der Waals surface area contributed by atoms with E-state index in [0.717, 1.165) is 11.4 Å². The summed E-state index contributed by atoms with van der Waals surface area (Å²) in [4.78, 5) is 4.48. The molecule has 20 heavy (non-hydrogen) atoms. The molecule has 0 saturated heterocycles. The number of hydrogen-bond donors (Lipinski definition) is 1. The van der Waals surface area contributed by atoms with E-state index in [4.69, 9.17) is 19.9 Å². The number of hydrogen-bond acceptors (Lipinski definition) is 5. The largest absolute Gasteiger partial charge is 0.493 e. The summed E-state index contributed by atoms with van der Waals surface area (Å²) in [6.45, 7) is 1.90. The number of anilines is 1. The van der Waals surface area contributed by atoms with Crippen molar-refractivity contribution in [1.29, 1.82) is 0 Å². The highest BCUT2D eigenvalue weighted by atomic mass is 16.5. The number of imidazole rings is 1. The molecule has 2 aromatic rings. The lowest BCUT2D eigenvalue weighted by Gasteiger charge is -2.15. The second kappa shape index (κ2) is 5.32. The highest BCUT2D eigenvalue weighted by molar-refractivity contribution is 5.80. The molecule has 2 rings (SSSR count). The SMILES string of the molecule is COc1ccc(-c2nc(C)n(C)c2N)c(OC)c1OC. The van der Waals surface area contributed by atoms with E-state index in [0.29, 0.717) is 28.8 Å². The third-order valence-electron chi connectivity index (χ3n) is 3.32. The van der Waals surface area contributed by atoms with Crippen LogP contribution in [0, 0.1) is 6.92 Å². The van der Waals surface area contributed by atoms with Gasteiger partial charge in [-0.3, -0.25) is 0 Å². The number of nitrogens with two attached hydrogens (primary N) is 1. The maximum absolute atomic E-state index is 6.09. The van der Waals surface area contributed by atoms with Gasteiger partial charge in [0.15, 0.2) is 11.5 Å². The number of benzene rings is 1. The molecule has 1 aromatic carbocycles. The molecule has 0 amide bonds. The van der Waals surface area contributed by atoms with E-state index in [-0.39, 0.29) is 0 Å². The minimum Gasteiger partial charge on any atom is -0.493 e. The predicted molar refractivity (Wildman–Crippen MR) is 77.4 cm³/mol. The predicted octanol–water partition coefficient (Wildman–Crippen LogP) is 2.00. The number of ether oxygens (including phenoxy) is 3. The summed E-state index contributed by atoms with van der Waals surface area (Å²) in [5.74, 6) is 3.08. The molecular weight excluding hydrogens is 258 g/mol. The van der Waals surface area contributed by atoms with Gasteiger partial charge in [0.1, 0.15) is 17.3 Å². The molecule has 0 aliphatic heterocycles. The van der Waals surface area contributed by atoms with Gasteiger partial charge in [0, 0.05) is 7.05 Å². The summed E-state index contributed by atoms with van der Waals surface area (Å²) in [5, 5.41) is 0. The van der Waals surface area contributed by atoms with Crippen molar-refractivity contribution in [1.82, 2.24) is 9.55 Å². The number of rotatable bonds is 4. The molecule has 0 aliphatic carbocycles. The van der Waals surface area contributed by atoms with Crippen LogP contribution in [-0.4, -0.2) is 30.9 Å². The molecule has 6 heteroatoms. The van der Waals surface area contributed by atoms with Gasteiger partial charge >= 0.3 is 0 Å². The Bertz CT molecular complexity index is 635. The zero-order valence-electron chi connectivity index (χ0n) is 12.4. The van der Waals surface area contributed by atoms with Gasteiger partial charge < -0.3 is 24.5 Å². The fourth-order valence-corrected chi connectivity index (χ4v) is 2.11. The Morgan fingerprint density at radius 3 is 2.15 bits per heavy atom. The third kappa shape index (κ3) is 2.03. The number of methoxy groups -OCH3 is 3. The molecule has 0 aliphatic rings. The Labute approximate surface area is 118 Å². The monoisotopic (exact) mass is 277 g/mol. The molecule has 108 valence electrons. The number of nitrogen functional groups attached to an aromatic ring is 1. The average Bonchev–Trinajstić information content (AvgIpc) is 2.72. The zero-order chi connectivity index (χ0) is 14.9. The molecule has 0 unspecified atom stereocenters. The Balaban J connectivity index is 2.71. The summed E-state index contributed by atoms with van der Waals surface area (Å²) in [6, 6.07) is 3.67. The summed E-state index contributed by atoms with van der Waals surface area (Å²) in [6.07, 6.45) is 0. The average molecular weight is 277 g/mol. The van der Waals surface area contributed by atoms with Crippen LogP contribution in [-0.2, 0) is 7.05 Å². The van der Waals surface area contributed by atoms with Crippen molar-refractivity contribution in [2.75, 3.05) is 27.1 Å². The van der Waals surface area contributed by atoms with Crippen LogP contribution in [0.2, 0.25) is 0 Å². The van der Waals surface area contributed by atoms with Crippen molar-refractivity contribution in [3.05, 3.63) is 18.0 Å². The maximum Gasteiger partial charge on any atom is 0.203 e. The standard InChI is InChI=1S/C14H19N3O3/c1-8-16-11(14(15)17(8)2)9-6-7-10(18-3)13(20-5)12(9)19-4/h6-7H,15H2,1-5H3. The van der Waals surface area contributed by atoms with Crippen molar-refractivity contribution in [3.63, 3.8) is 0 Å². The molecule has 1 aromatic heterocycles. The fraction of sp³-hybridized carbons (Fsp3) is 0.357. The van der Waals surface area contributed by atoms with Gasteiger partial charge in [-0.1, -0.05) is 0 Å². The lowest BCUT2D eigenvalue weighted by Crippen LogP contribution is -2.00. The van der Waals surface area contributed by atoms with Gasteiger partial charge in [-0.15, -0.1) is 0 Å². The Morgan fingerprint density at radius 2 is 1.70 bits per heavy atom. The van der Waals surface area contributed by atoms with E-state index in [1.54, 1.807) is 27.4 Å². The van der Waals surface area contributed by atoms with Gasteiger partial charge in [0.05, 0.1) is 26.9 Å². The van der Waals surface area contributed by atoms with Gasteiger partial charge in [0.2, 0.25) is 5.75 Å². The third-order valence-corrected chi connectivity index (χ3v) is 3.32. The molecule has 0 spiro atoms. The molecule has 2 N–H and O–H groups in total. The van der Waals surface area contributed by atoms with Crippen molar-refractivity contribution < 1.29 is 14.2 Å². The summed E-state index contributed by atoms with van der Waals surface area (Å²) in [7, 11) is 6.59. The second-order valence-corrected chi connectivity index (χ2v) is 4.33. The van der Waals surface area contributed by atoms with E-state index in [1.807, 2.05) is 24.6 Å². The lowest BCUT2D eigenvalue weighted by molar-refractivity contribution is 0.325. The summed E-state index contributed by atoms with van der Waals surface area (Å²) in [5.41, 5.74) is 7.53. The van der Waals surface area contributed by atoms with Crippen molar-refractivity contribution in [2.45, 2.75) is 6.92 Å². The van der Waals surface area contributed by atoms with Crippen LogP contribution in [0.1, 0.15) is 5.82 Å². The molecule has 0 fully saturated rings. The van der Waals surface area contributed by atoms with E-state index < -0.39 is 0 Å². The van der Waals surface area contributed by atoms with Crippen LogP contribution < -0.4 is 19.9 Å². The topological polar surface area (TPSA) is 71.5 Å². The van der Waals surface area contributed by atoms with E-state index >= 15 is 0 Å². The molecule has 0 atom stereocenters. The van der Waals surface area contributed by atoms with Crippen molar-refractivity contribution in [3.8, 4) is 28.5 Å². The van der Waals surface area contributed by atoms with E-state index in [1.165, 1.54) is 0 Å². The Hall–Kier alpha value is -2.37. The Kier molecular flexibility index (Phi) is 3.74. The first-order valence-electron chi connectivity index (χ1n) is 6.13. The highest BCUT2D eigenvalue weighted by Gasteiger charge is 2.21. The quantitative estimate of drug-likeness (QED) is 0.925. The summed E-state index contributed by atoms with van der Waals surface area (Å²) >= 11 is 0. The first-order valence-corrected chi connectivity index (χ1v) is 6.13. The van der Waals surface area contributed by atoms with Gasteiger partial charge in [-0.05, 0) is 19.1 Å². The fourth-order valence-electron chi connectivity index (χ4n) is 2.11. The first kappa shape index (κ1) is 14.0. The van der Waals surface area contributed by atoms with Crippen molar-refractivity contribution in [2.24, 2.45) is 7.05 Å². The molecule has 0 saturated carbocycles. The van der Waals surface area contributed by atoms with E-state index in [9.17, 15) is 0 Å². The minimum absolute atomic E-state index is 0.523. The zero-order valence-corrected chi connectivity index (χ0v) is 12.4. The number of aromatic nitrogens is 2. The van der Waals surface area contributed by atoms with Crippen LogP contribution in [0.15, 0.2) is 12.1 Å². The maximum atomic E-state index is 6.09. The summed E-state index contributed by atoms with van der Waals surface area (Å²) < 4.78 is 17.9. The van der Waals surface area contributed by atoms with Crippen LogP contribution in [0.5, 0.6) is 17.2 Å². The van der Waals surface area contributed by atoms with Gasteiger partial charge in [-0.25, -0.2) is 4.98 Å². The first-order chi connectivity index (χ1) is 9.54. The molecule has 1 heterocycles. The number of nitrogens with zero attached hydrogens (tertiary/aromatic N) is 2. The molecule has 0 bridgehead atoms. The van der Waals surface area contributed by atoms with Crippen LogP contribution in [0.4, 0.5) is 5.82 Å². The van der Waals surface area contributed by atoms with Crippen LogP contribution >= 0.6 is 0 Å². The minimum atomic E-state index is 0.523. The van der Waals surface area contributed by atoms with Gasteiger partial charge in [-0.2, -0.15) is 0 Å². The molecular formula is C14H19N3O3. The van der Waals surface area contributed by atoms with Gasteiger partial charge in [0.25, 0.3) is 0 Å². The molecule has 0 radical (unpaired) electrons. The van der Waals surface area contributed by atoms with Crippen LogP contribution in [0.3, 0.4) is 0 Å². The van der Waals surface area contributed by atoms with E-state index in [2.05, 4.69) is 4.98 Å². The normalized spacial score (nSPS) is 10.4.